The third-order valence-electron chi connectivity index (χ3n) is 4.08. The van der Waals surface area contributed by atoms with Crippen LogP contribution in [0.4, 0.5) is 0 Å². The molecule has 124 valence electrons. The number of fused-ring (bicyclic) bond motifs is 1. The molecule has 0 amide bonds. The third-order valence-corrected chi connectivity index (χ3v) is 4.29. The fraction of sp³-hybridized carbons (Fsp3) is 0.562. The van der Waals surface area contributed by atoms with Crippen molar-refractivity contribution >= 4 is 28.7 Å². The van der Waals surface area contributed by atoms with Crippen LogP contribution in [0.5, 0.6) is 0 Å². The van der Waals surface area contributed by atoms with Gasteiger partial charge >= 0.3 is 5.97 Å². The molecule has 2 aromatic heterocycles. The Morgan fingerprint density at radius 1 is 1.43 bits per heavy atom. The number of nitrogens with zero attached hydrogens (tertiary/aromatic N) is 3. The molecule has 3 heterocycles. The fourth-order valence-electron chi connectivity index (χ4n) is 2.98. The van der Waals surface area contributed by atoms with E-state index in [0.29, 0.717) is 16.9 Å². The van der Waals surface area contributed by atoms with Crippen LogP contribution in [-0.4, -0.2) is 33.7 Å². The topological polar surface area (TPSA) is 66.2 Å². The lowest BCUT2D eigenvalue weighted by Gasteiger charge is -2.24. The Labute approximate surface area is 139 Å². The smallest absolute Gasteiger partial charge is 0.303 e. The first kappa shape index (κ1) is 16.2. The zero-order chi connectivity index (χ0) is 16.4. The van der Waals surface area contributed by atoms with Gasteiger partial charge in [0.25, 0.3) is 0 Å². The predicted molar refractivity (Wildman–Crippen MR) is 86.3 cm³/mol. The van der Waals surface area contributed by atoms with Crippen LogP contribution < -0.4 is 0 Å². The van der Waals surface area contributed by atoms with Gasteiger partial charge in [0.05, 0.1) is 0 Å². The van der Waals surface area contributed by atoms with E-state index in [1.807, 2.05) is 17.6 Å². The summed E-state index contributed by atoms with van der Waals surface area (Å²) < 4.78 is 12.8. The van der Waals surface area contributed by atoms with Crippen LogP contribution in [0.2, 0.25) is 5.15 Å². The molecule has 0 radical (unpaired) electrons. The number of ether oxygens (including phenoxy) is 2. The van der Waals surface area contributed by atoms with Crippen molar-refractivity contribution in [2.24, 2.45) is 5.92 Å². The van der Waals surface area contributed by atoms with Crippen LogP contribution in [0.1, 0.15) is 38.6 Å². The SMILES string of the molecule is CC(=O)OC(C)c1nc2ccc(Cl)nc2n1CC1CCOCC1. The van der Waals surface area contributed by atoms with Crippen LogP contribution in [0.3, 0.4) is 0 Å². The summed E-state index contributed by atoms with van der Waals surface area (Å²) in [6.07, 6.45) is 1.57. The molecule has 0 aromatic carbocycles. The number of carbonyl (C=O) groups is 1. The van der Waals surface area contributed by atoms with Crippen LogP contribution in [0.25, 0.3) is 11.2 Å². The quantitative estimate of drug-likeness (QED) is 0.633. The summed E-state index contributed by atoms with van der Waals surface area (Å²) in [5, 5.41) is 0.428. The van der Waals surface area contributed by atoms with E-state index in [-0.39, 0.29) is 5.97 Å². The van der Waals surface area contributed by atoms with E-state index in [0.717, 1.165) is 43.8 Å². The highest BCUT2D eigenvalue weighted by molar-refractivity contribution is 6.29. The van der Waals surface area contributed by atoms with Gasteiger partial charge in [-0.15, -0.1) is 0 Å². The van der Waals surface area contributed by atoms with Crippen molar-refractivity contribution in [3.05, 3.63) is 23.1 Å². The van der Waals surface area contributed by atoms with Crippen LogP contribution in [0.15, 0.2) is 12.1 Å². The van der Waals surface area contributed by atoms with E-state index in [2.05, 4.69) is 9.97 Å². The molecule has 7 heteroatoms. The monoisotopic (exact) mass is 337 g/mol. The first-order valence-electron chi connectivity index (χ1n) is 7.82. The van der Waals surface area contributed by atoms with Crippen molar-refractivity contribution in [3.63, 3.8) is 0 Å². The number of imidazole rings is 1. The van der Waals surface area contributed by atoms with Gasteiger partial charge in [-0.3, -0.25) is 4.79 Å². The van der Waals surface area contributed by atoms with Crippen molar-refractivity contribution in [3.8, 4) is 0 Å². The Bertz CT molecular complexity index is 710. The number of halogens is 1. The molecular formula is C16H20ClN3O3. The molecule has 0 spiro atoms. The van der Waals surface area contributed by atoms with Crippen LogP contribution >= 0.6 is 11.6 Å². The second kappa shape index (κ2) is 6.84. The lowest BCUT2D eigenvalue weighted by atomic mass is 10.0. The Morgan fingerprint density at radius 3 is 2.87 bits per heavy atom. The second-order valence-electron chi connectivity index (χ2n) is 5.86. The number of aromatic nitrogens is 3. The van der Waals surface area contributed by atoms with Gasteiger partial charge in [-0.2, -0.15) is 0 Å². The summed E-state index contributed by atoms with van der Waals surface area (Å²) in [6.45, 7) is 5.55. The normalized spacial score (nSPS) is 17.3. The van der Waals surface area contributed by atoms with Crippen molar-refractivity contribution in [2.75, 3.05) is 13.2 Å². The summed E-state index contributed by atoms with van der Waals surface area (Å²) in [7, 11) is 0. The fourth-order valence-corrected chi connectivity index (χ4v) is 3.12. The molecule has 1 saturated heterocycles. The van der Waals surface area contributed by atoms with Crippen LogP contribution in [0, 0.1) is 5.92 Å². The van der Waals surface area contributed by atoms with Crippen molar-refractivity contribution in [2.45, 2.75) is 39.3 Å². The first-order valence-corrected chi connectivity index (χ1v) is 8.20. The molecule has 0 bridgehead atoms. The molecule has 23 heavy (non-hydrogen) atoms. The minimum atomic E-state index is -0.430. The Kier molecular flexibility index (Phi) is 4.82. The Hall–Kier alpha value is -1.66. The zero-order valence-corrected chi connectivity index (χ0v) is 14.0. The van der Waals surface area contributed by atoms with E-state index in [1.165, 1.54) is 6.92 Å². The highest BCUT2D eigenvalue weighted by atomic mass is 35.5. The maximum absolute atomic E-state index is 11.3. The van der Waals surface area contributed by atoms with Gasteiger partial charge in [-0.25, -0.2) is 9.97 Å². The largest absolute Gasteiger partial charge is 0.455 e. The molecule has 0 saturated carbocycles. The Morgan fingerprint density at radius 2 is 2.17 bits per heavy atom. The van der Waals surface area contributed by atoms with Gasteiger partial charge in [0.2, 0.25) is 0 Å². The number of hydrogen-bond donors (Lipinski definition) is 0. The molecule has 1 atom stereocenters. The van der Waals surface area contributed by atoms with Gasteiger partial charge in [0, 0.05) is 26.7 Å². The second-order valence-corrected chi connectivity index (χ2v) is 6.25. The van der Waals surface area contributed by atoms with Gasteiger partial charge in [-0.1, -0.05) is 11.6 Å². The average molecular weight is 338 g/mol. The number of hydrogen-bond acceptors (Lipinski definition) is 5. The molecule has 0 aliphatic carbocycles. The molecule has 1 aliphatic heterocycles. The van der Waals surface area contributed by atoms with Crippen molar-refractivity contribution < 1.29 is 14.3 Å². The van der Waals surface area contributed by atoms with E-state index in [9.17, 15) is 4.79 Å². The van der Waals surface area contributed by atoms with Gasteiger partial charge < -0.3 is 14.0 Å². The summed E-state index contributed by atoms with van der Waals surface area (Å²) in [4.78, 5) is 20.3. The number of rotatable bonds is 4. The number of pyridine rings is 1. The molecule has 1 aliphatic rings. The predicted octanol–water partition coefficient (Wildman–Crippen LogP) is 3.14. The highest BCUT2D eigenvalue weighted by Gasteiger charge is 2.23. The first-order chi connectivity index (χ1) is 11.0. The summed E-state index contributed by atoms with van der Waals surface area (Å²) in [6, 6.07) is 3.56. The molecule has 1 unspecified atom stereocenters. The molecule has 3 rings (SSSR count). The van der Waals surface area contributed by atoms with Gasteiger partial charge in [0.15, 0.2) is 17.6 Å². The average Bonchev–Trinajstić information content (AvgIpc) is 2.86. The molecule has 2 aromatic rings. The van der Waals surface area contributed by atoms with E-state index in [1.54, 1.807) is 6.07 Å². The van der Waals surface area contributed by atoms with E-state index in [4.69, 9.17) is 21.1 Å². The maximum Gasteiger partial charge on any atom is 0.303 e. The maximum atomic E-state index is 11.3. The zero-order valence-electron chi connectivity index (χ0n) is 13.3. The molecule has 6 nitrogen and oxygen atoms in total. The molecule has 1 fully saturated rings. The Balaban J connectivity index is 1.99. The standard InChI is InChI=1S/C16H20ClN3O3/c1-10(23-11(2)21)15-18-13-3-4-14(17)19-16(13)20(15)9-12-5-7-22-8-6-12/h3-4,10,12H,5-9H2,1-2H3. The summed E-state index contributed by atoms with van der Waals surface area (Å²) in [5.41, 5.74) is 1.49. The van der Waals surface area contributed by atoms with Gasteiger partial charge in [-0.05, 0) is 37.8 Å². The lowest BCUT2D eigenvalue weighted by Crippen LogP contribution is -2.22. The number of carbonyl (C=O) groups excluding carboxylic acids is 1. The summed E-state index contributed by atoms with van der Waals surface area (Å²) in [5.74, 6) is 0.870. The highest BCUT2D eigenvalue weighted by Crippen LogP contribution is 2.26. The molecule has 0 N–H and O–H groups in total. The minimum Gasteiger partial charge on any atom is -0.455 e. The van der Waals surface area contributed by atoms with Crippen LogP contribution in [-0.2, 0) is 20.8 Å². The molecular weight excluding hydrogens is 318 g/mol. The third kappa shape index (κ3) is 3.64. The summed E-state index contributed by atoms with van der Waals surface area (Å²) >= 11 is 6.05. The lowest BCUT2D eigenvalue weighted by molar-refractivity contribution is -0.146. The van der Waals surface area contributed by atoms with Crippen molar-refractivity contribution in [1.82, 2.24) is 14.5 Å². The number of esters is 1. The van der Waals surface area contributed by atoms with E-state index < -0.39 is 6.10 Å². The minimum absolute atomic E-state index is 0.326. The van der Waals surface area contributed by atoms with Gasteiger partial charge in [0.1, 0.15) is 10.7 Å². The van der Waals surface area contributed by atoms with Crippen molar-refractivity contribution in [1.29, 1.82) is 0 Å². The van der Waals surface area contributed by atoms with E-state index >= 15 is 0 Å².